The van der Waals surface area contributed by atoms with Crippen molar-refractivity contribution in [3.63, 3.8) is 0 Å². The molecule has 7 nitrogen and oxygen atoms in total. The summed E-state index contributed by atoms with van der Waals surface area (Å²) in [7, 11) is 0. The summed E-state index contributed by atoms with van der Waals surface area (Å²) in [5.74, 6) is 1.12. The van der Waals surface area contributed by atoms with Gasteiger partial charge in [-0.1, -0.05) is 5.16 Å². The fourth-order valence-corrected chi connectivity index (χ4v) is 2.82. The summed E-state index contributed by atoms with van der Waals surface area (Å²) in [6, 6.07) is 2.05. The molecule has 22 heavy (non-hydrogen) atoms. The minimum absolute atomic E-state index is 0.405. The lowest BCUT2D eigenvalue weighted by molar-refractivity contribution is 0.00768. The number of nitrogens with zero attached hydrogens (tertiary/aromatic N) is 5. The van der Waals surface area contributed by atoms with Crippen molar-refractivity contribution in [2.24, 2.45) is 0 Å². The van der Waals surface area contributed by atoms with Gasteiger partial charge in [-0.2, -0.15) is 10.1 Å². The molecule has 1 atom stereocenters. The van der Waals surface area contributed by atoms with Crippen molar-refractivity contribution in [3.8, 4) is 0 Å². The predicted octanol–water partition coefficient (Wildman–Crippen LogP) is 2.20. The Morgan fingerprint density at radius 1 is 1.36 bits per heavy atom. The summed E-state index contributed by atoms with van der Waals surface area (Å²) >= 11 is 0. The van der Waals surface area contributed by atoms with E-state index in [0.717, 1.165) is 36.0 Å². The van der Waals surface area contributed by atoms with E-state index in [9.17, 15) is 0 Å². The highest BCUT2D eigenvalue weighted by molar-refractivity contribution is 5.74. The van der Waals surface area contributed by atoms with Gasteiger partial charge in [0, 0.05) is 18.2 Å². The van der Waals surface area contributed by atoms with Crippen molar-refractivity contribution >= 4 is 11.0 Å². The monoisotopic (exact) mass is 299 g/mol. The Morgan fingerprint density at radius 2 is 2.27 bits per heavy atom. The predicted molar refractivity (Wildman–Crippen MR) is 78.2 cm³/mol. The molecule has 7 heteroatoms. The Hall–Kier alpha value is -2.28. The lowest BCUT2D eigenvalue weighted by Crippen LogP contribution is -2.21. The fraction of sp³-hybridized carbons (Fsp3) is 0.467. The Bertz CT molecular complexity index is 816. The summed E-state index contributed by atoms with van der Waals surface area (Å²) in [6.45, 7) is 5.16. The van der Waals surface area contributed by atoms with Crippen molar-refractivity contribution in [2.75, 3.05) is 6.61 Å². The van der Waals surface area contributed by atoms with E-state index < -0.39 is 5.60 Å². The third-order valence-corrected chi connectivity index (χ3v) is 4.06. The van der Waals surface area contributed by atoms with Crippen LogP contribution in [-0.4, -0.2) is 31.5 Å². The number of ether oxygens (including phenoxy) is 1. The number of aromatic nitrogens is 5. The first-order chi connectivity index (χ1) is 10.6. The lowest BCUT2D eigenvalue weighted by atomic mass is 10.0. The van der Waals surface area contributed by atoms with E-state index in [-0.39, 0.29) is 0 Å². The molecule has 0 aliphatic carbocycles. The van der Waals surface area contributed by atoms with Crippen LogP contribution in [0.15, 0.2) is 23.0 Å². The van der Waals surface area contributed by atoms with Crippen molar-refractivity contribution in [1.82, 2.24) is 24.9 Å². The highest BCUT2D eigenvalue weighted by Gasteiger charge is 2.36. The van der Waals surface area contributed by atoms with Gasteiger partial charge in [0.15, 0.2) is 5.65 Å². The summed E-state index contributed by atoms with van der Waals surface area (Å²) in [5, 5.41) is 9.43. The van der Waals surface area contributed by atoms with Crippen LogP contribution in [0.4, 0.5) is 0 Å². The molecule has 1 aliphatic heterocycles. The molecule has 3 aromatic heterocycles. The molecule has 4 heterocycles. The lowest BCUT2D eigenvalue weighted by Gasteiger charge is -2.17. The molecule has 0 radical (unpaired) electrons. The van der Waals surface area contributed by atoms with E-state index >= 15 is 0 Å². The molecule has 0 spiro atoms. The van der Waals surface area contributed by atoms with E-state index in [1.807, 2.05) is 20.0 Å². The maximum atomic E-state index is 5.74. The van der Waals surface area contributed by atoms with Gasteiger partial charge >= 0.3 is 0 Å². The quantitative estimate of drug-likeness (QED) is 0.737. The highest BCUT2D eigenvalue weighted by Crippen LogP contribution is 2.33. The topological polar surface area (TPSA) is 78.9 Å². The maximum absolute atomic E-state index is 5.74. The van der Waals surface area contributed by atoms with Crippen LogP contribution in [0.1, 0.15) is 37.0 Å². The SMILES string of the molecule is Cc1cnc2c(cnn2Cc2nc(C3(C)CCCO3)no2)c1. The second-order valence-corrected chi connectivity index (χ2v) is 5.92. The summed E-state index contributed by atoms with van der Waals surface area (Å²) in [6.07, 6.45) is 5.56. The molecule has 0 aromatic carbocycles. The van der Waals surface area contributed by atoms with Crippen molar-refractivity contribution in [3.05, 3.63) is 35.7 Å². The molecule has 3 aromatic rings. The van der Waals surface area contributed by atoms with Gasteiger partial charge < -0.3 is 9.26 Å². The number of pyridine rings is 1. The first kappa shape index (κ1) is 13.4. The Kier molecular flexibility index (Phi) is 2.97. The van der Waals surface area contributed by atoms with Crippen LogP contribution >= 0.6 is 0 Å². The van der Waals surface area contributed by atoms with Gasteiger partial charge in [0.25, 0.3) is 0 Å². The summed E-state index contributed by atoms with van der Waals surface area (Å²) < 4.78 is 12.9. The minimum Gasteiger partial charge on any atom is -0.367 e. The first-order valence-electron chi connectivity index (χ1n) is 7.39. The van der Waals surface area contributed by atoms with E-state index in [2.05, 4.69) is 26.3 Å². The molecule has 1 fully saturated rings. The molecular weight excluding hydrogens is 282 g/mol. The number of rotatable bonds is 3. The van der Waals surface area contributed by atoms with Gasteiger partial charge in [-0.25, -0.2) is 9.67 Å². The number of aryl methyl sites for hydroxylation is 1. The second kappa shape index (κ2) is 4.88. The molecule has 1 saturated heterocycles. The molecule has 114 valence electrons. The third kappa shape index (κ3) is 2.18. The Balaban J connectivity index is 1.62. The van der Waals surface area contributed by atoms with Crippen LogP contribution in [0.5, 0.6) is 0 Å². The van der Waals surface area contributed by atoms with Crippen LogP contribution in [-0.2, 0) is 16.9 Å². The first-order valence-corrected chi connectivity index (χ1v) is 7.39. The smallest absolute Gasteiger partial charge is 0.248 e. The van der Waals surface area contributed by atoms with Gasteiger partial charge in [-0.05, 0) is 38.3 Å². The van der Waals surface area contributed by atoms with Crippen LogP contribution in [0.3, 0.4) is 0 Å². The second-order valence-electron chi connectivity index (χ2n) is 5.92. The zero-order chi connectivity index (χ0) is 15.2. The van der Waals surface area contributed by atoms with Gasteiger partial charge in [0.2, 0.25) is 11.7 Å². The van der Waals surface area contributed by atoms with Gasteiger partial charge in [-0.15, -0.1) is 0 Å². The molecule has 0 amide bonds. The average Bonchev–Trinajstić information content (AvgIpc) is 3.20. The van der Waals surface area contributed by atoms with Crippen molar-refractivity contribution < 1.29 is 9.26 Å². The molecule has 0 N–H and O–H groups in total. The van der Waals surface area contributed by atoms with E-state index in [1.54, 1.807) is 10.9 Å². The van der Waals surface area contributed by atoms with Crippen molar-refractivity contribution in [1.29, 1.82) is 0 Å². The molecule has 0 bridgehead atoms. The normalized spacial score (nSPS) is 21.7. The van der Waals surface area contributed by atoms with Crippen LogP contribution in [0, 0.1) is 6.92 Å². The molecule has 1 aliphatic rings. The molecule has 1 unspecified atom stereocenters. The zero-order valence-corrected chi connectivity index (χ0v) is 12.6. The number of fused-ring (bicyclic) bond motifs is 1. The van der Waals surface area contributed by atoms with E-state index in [0.29, 0.717) is 18.3 Å². The fourth-order valence-electron chi connectivity index (χ4n) is 2.82. The Morgan fingerprint density at radius 3 is 3.09 bits per heavy atom. The largest absolute Gasteiger partial charge is 0.367 e. The molecular formula is C15H17N5O2. The maximum Gasteiger partial charge on any atom is 0.248 e. The third-order valence-electron chi connectivity index (χ3n) is 4.06. The van der Waals surface area contributed by atoms with Crippen molar-refractivity contribution in [2.45, 2.75) is 38.8 Å². The zero-order valence-electron chi connectivity index (χ0n) is 12.6. The standard InChI is InChI=1S/C15H17N5O2/c1-10-6-11-8-17-20(13(11)16-7-10)9-12-18-14(19-22-12)15(2)4-3-5-21-15/h6-8H,3-5,9H2,1-2H3. The van der Waals surface area contributed by atoms with Crippen LogP contribution < -0.4 is 0 Å². The van der Waals surface area contributed by atoms with E-state index in [4.69, 9.17) is 9.26 Å². The van der Waals surface area contributed by atoms with Gasteiger partial charge in [-0.3, -0.25) is 0 Å². The summed E-state index contributed by atoms with van der Waals surface area (Å²) in [4.78, 5) is 8.89. The Labute approximate surface area is 127 Å². The number of hydrogen-bond acceptors (Lipinski definition) is 6. The van der Waals surface area contributed by atoms with Gasteiger partial charge in [0.05, 0.1) is 6.20 Å². The van der Waals surface area contributed by atoms with Gasteiger partial charge in [0.1, 0.15) is 12.1 Å². The average molecular weight is 299 g/mol. The number of hydrogen-bond donors (Lipinski definition) is 0. The minimum atomic E-state index is -0.427. The summed E-state index contributed by atoms with van der Waals surface area (Å²) in [5.41, 5.74) is 1.50. The molecule has 4 rings (SSSR count). The highest BCUT2D eigenvalue weighted by atomic mass is 16.5. The van der Waals surface area contributed by atoms with Crippen LogP contribution in [0.2, 0.25) is 0 Å². The van der Waals surface area contributed by atoms with Crippen LogP contribution in [0.25, 0.3) is 11.0 Å². The molecule has 0 saturated carbocycles. The van der Waals surface area contributed by atoms with E-state index in [1.165, 1.54) is 0 Å².